The fourth-order valence-corrected chi connectivity index (χ4v) is 5.92. The van der Waals surface area contributed by atoms with Crippen LogP contribution in [0.4, 0.5) is 4.79 Å². The zero-order valence-electron chi connectivity index (χ0n) is 24.7. The Morgan fingerprint density at radius 2 is 1.63 bits per heavy atom. The van der Waals surface area contributed by atoms with Gasteiger partial charge in [0.05, 0.1) is 19.3 Å². The Kier molecular flexibility index (Phi) is 9.09. The lowest BCUT2D eigenvalue weighted by molar-refractivity contribution is 0.000600. The predicted octanol–water partition coefficient (Wildman–Crippen LogP) is 4.81. The number of ether oxygens (including phenoxy) is 4. The number of esters is 2. The fraction of sp³-hybridized carbons (Fsp3) is 0.548. The van der Waals surface area contributed by atoms with E-state index in [4.69, 9.17) is 18.9 Å². The average molecular weight is 569 g/mol. The van der Waals surface area contributed by atoms with Crippen molar-refractivity contribution in [1.29, 1.82) is 0 Å². The van der Waals surface area contributed by atoms with Gasteiger partial charge in [0.1, 0.15) is 17.8 Å². The van der Waals surface area contributed by atoms with Gasteiger partial charge in [-0.3, -0.25) is 4.79 Å². The van der Waals surface area contributed by atoms with E-state index in [1.165, 1.54) is 10.8 Å². The summed E-state index contributed by atoms with van der Waals surface area (Å²) in [5.41, 5.74) is -1.04. The Bertz CT molecular complexity index is 1330. The van der Waals surface area contributed by atoms with Gasteiger partial charge in [0, 0.05) is 18.8 Å². The van der Waals surface area contributed by atoms with E-state index in [0.29, 0.717) is 5.92 Å². The molecule has 2 aromatic rings. The van der Waals surface area contributed by atoms with Crippen molar-refractivity contribution in [1.82, 2.24) is 9.47 Å². The van der Waals surface area contributed by atoms with Gasteiger partial charge in [-0.1, -0.05) is 37.3 Å². The molecule has 2 heterocycles. The van der Waals surface area contributed by atoms with E-state index in [0.717, 1.165) is 18.4 Å². The first-order valence-corrected chi connectivity index (χ1v) is 14.2. The van der Waals surface area contributed by atoms with Crippen molar-refractivity contribution in [3.63, 3.8) is 0 Å². The number of rotatable bonds is 9. The SMILES string of the molecule is CCOC(=O)c1cn(C[C@H]2[C@H]3CC(C[C@H]3C)N2C(=O)OC(C)(C)C)c(C(=O)OCC)c(OCc2ccccc2)c1=O. The summed E-state index contributed by atoms with van der Waals surface area (Å²) >= 11 is 0. The maximum absolute atomic E-state index is 13.6. The monoisotopic (exact) mass is 568 g/mol. The number of carbonyl (C=O) groups excluding carboxylic acids is 3. The Morgan fingerprint density at radius 1 is 0.976 bits per heavy atom. The van der Waals surface area contributed by atoms with Gasteiger partial charge in [0.2, 0.25) is 5.43 Å². The van der Waals surface area contributed by atoms with Crippen molar-refractivity contribution in [3.8, 4) is 5.75 Å². The molecule has 10 heteroatoms. The highest BCUT2D eigenvalue weighted by Gasteiger charge is 2.53. The molecular formula is C31H40N2O8. The van der Waals surface area contributed by atoms with Gasteiger partial charge in [-0.25, -0.2) is 14.4 Å². The summed E-state index contributed by atoms with van der Waals surface area (Å²) in [4.78, 5) is 55.0. The minimum absolute atomic E-state index is 0.00129. The van der Waals surface area contributed by atoms with Crippen LogP contribution in [0, 0.1) is 11.8 Å². The number of nitrogens with zero attached hydrogens (tertiary/aromatic N) is 2. The molecule has 1 saturated heterocycles. The molecule has 1 aliphatic carbocycles. The molecular weight excluding hydrogens is 528 g/mol. The number of hydrogen-bond donors (Lipinski definition) is 0. The molecule has 222 valence electrons. The molecule has 4 atom stereocenters. The van der Waals surface area contributed by atoms with Crippen LogP contribution in [0.1, 0.15) is 80.8 Å². The van der Waals surface area contributed by atoms with E-state index in [9.17, 15) is 19.2 Å². The lowest BCUT2D eigenvalue weighted by atomic mass is 9.89. The number of amides is 1. The second kappa shape index (κ2) is 12.4. The summed E-state index contributed by atoms with van der Waals surface area (Å²) in [6.45, 7) is 11.2. The molecule has 1 aliphatic heterocycles. The van der Waals surface area contributed by atoms with E-state index in [1.807, 2.05) is 51.1 Å². The van der Waals surface area contributed by atoms with Crippen LogP contribution in [0.5, 0.6) is 5.75 Å². The lowest BCUT2D eigenvalue weighted by Crippen LogP contribution is -2.50. The smallest absolute Gasteiger partial charge is 0.410 e. The third-order valence-electron chi connectivity index (χ3n) is 7.58. The highest BCUT2D eigenvalue weighted by molar-refractivity contribution is 5.94. The zero-order chi connectivity index (χ0) is 29.9. The number of fused-ring (bicyclic) bond motifs is 2. The molecule has 1 aromatic heterocycles. The summed E-state index contributed by atoms with van der Waals surface area (Å²) in [5.74, 6) is -1.40. The Hall–Kier alpha value is -3.82. The highest BCUT2D eigenvalue weighted by Crippen LogP contribution is 2.47. The Labute approximate surface area is 240 Å². The Balaban J connectivity index is 1.82. The van der Waals surface area contributed by atoms with Crippen LogP contribution >= 0.6 is 0 Å². The van der Waals surface area contributed by atoms with Crippen molar-refractivity contribution >= 4 is 18.0 Å². The summed E-state index contributed by atoms with van der Waals surface area (Å²) in [5, 5.41) is 0. The standard InChI is InChI=1S/C31H40N2O8/c1-7-38-28(35)23-16-32(17-24-22-15-21(14-19(22)3)33(24)30(37)41-31(4,5)6)25(29(36)39-8-2)27(26(23)34)40-18-20-12-10-9-11-13-20/h9-13,16,19,21-22,24H,7-8,14-15,17-18H2,1-6H3/t19-,21?,22+,24+/m1/s1. The van der Waals surface area contributed by atoms with Gasteiger partial charge in [0.25, 0.3) is 0 Å². The van der Waals surface area contributed by atoms with E-state index in [1.54, 1.807) is 18.7 Å². The molecule has 1 unspecified atom stereocenters. The second-order valence-corrected chi connectivity index (χ2v) is 11.6. The maximum Gasteiger partial charge on any atom is 0.410 e. The number of pyridine rings is 1. The van der Waals surface area contributed by atoms with E-state index in [-0.39, 0.29) is 61.4 Å². The van der Waals surface area contributed by atoms with Gasteiger partial charge < -0.3 is 28.4 Å². The normalized spacial score (nSPS) is 21.5. The molecule has 0 N–H and O–H groups in total. The number of benzene rings is 1. The first kappa shape index (κ1) is 30.1. The molecule has 2 aliphatic rings. The molecule has 0 radical (unpaired) electrons. The van der Waals surface area contributed by atoms with Crippen molar-refractivity contribution in [2.24, 2.45) is 11.8 Å². The molecule has 1 saturated carbocycles. The predicted molar refractivity (Wildman–Crippen MR) is 151 cm³/mol. The number of aromatic nitrogens is 1. The zero-order valence-corrected chi connectivity index (χ0v) is 24.7. The minimum atomic E-state index is -0.823. The van der Waals surface area contributed by atoms with Gasteiger partial charge in [-0.15, -0.1) is 0 Å². The third-order valence-corrected chi connectivity index (χ3v) is 7.58. The number of hydrogen-bond acceptors (Lipinski definition) is 8. The van der Waals surface area contributed by atoms with Crippen LogP contribution in [0.2, 0.25) is 0 Å². The molecule has 1 amide bonds. The molecule has 41 heavy (non-hydrogen) atoms. The van der Waals surface area contributed by atoms with Crippen LogP contribution in [0.3, 0.4) is 0 Å². The summed E-state index contributed by atoms with van der Waals surface area (Å²) in [6, 6.07) is 8.83. The van der Waals surface area contributed by atoms with Gasteiger partial charge >= 0.3 is 18.0 Å². The van der Waals surface area contributed by atoms with Gasteiger partial charge in [-0.2, -0.15) is 0 Å². The fourth-order valence-electron chi connectivity index (χ4n) is 5.92. The topological polar surface area (TPSA) is 113 Å². The van der Waals surface area contributed by atoms with Crippen molar-refractivity contribution < 1.29 is 33.3 Å². The average Bonchev–Trinajstić information content (AvgIpc) is 3.45. The van der Waals surface area contributed by atoms with Crippen LogP contribution in [0.25, 0.3) is 0 Å². The number of piperidine rings is 1. The van der Waals surface area contributed by atoms with Gasteiger partial charge in [-0.05, 0) is 64.9 Å². The van der Waals surface area contributed by atoms with Crippen LogP contribution in [-0.4, -0.2) is 58.4 Å². The van der Waals surface area contributed by atoms with E-state index < -0.39 is 29.1 Å². The summed E-state index contributed by atoms with van der Waals surface area (Å²) < 4.78 is 23.8. The van der Waals surface area contributed by atoms with Crippen molar-refractivity contribution in [3.05, 3.63) is 63.6 Å². The van der Waals surface area contributed by atoms with E-state index >= 15 is 0 Å². The first-order chi connectivity index (χ1) is 19.4. The van der Waals surface area contributed by atoms with Crippen molar-refractivity contribution in [2.45, 2.75) is 85.2 Å². The first-order valence-electron chi connectivity index (χ1n) is 14.2. The molecule has 2 bridgehead atoms. The van der Waals surface area contributed by atoms with E-state index in [2.05, 4.69) is 6.92 Å². The molecule has 4 rings (SSSR count). The van der Waals surface area contributed by atoms with Crippen LogP contribution in [0.15, 0.2) is 41.3 Å². The maximum atomic E-state index is 13.6. The van der Waals surface area contributed by atoms with Crippen molar-refractivity contribution in [2.75, 3.05) is 13.2 Å². The third kappa shape index (κ3) is 6.57. The largest absolute Gasteiger partial charge is 0.482 e. The van der Waals surface area contributed by atoms with Crippen LogP contribution < -0.4 is 10.2 Å². The minimum Gasteiger partial charge on any atom is -0.482 e. The van der Waals surface area contributed by atoms with Gasteiger partial charge in [0.15, 0.2) is 11.4 Å². The molecule has 1 aromatic carbocycles. The second-order valence-electron chi connectivity index (χ2n) is 11.6. The number of likely N-dealkylation sites (tertiary alicyclic amines) is 1. The summed E-state index contributed by atoms with van der Waals surface area (Å²) in [6.07, 6.45) is 2.56. The molecule has 10 nitrogen and oxygen atoms in total. The summed E-state index contributed by atoms with van der Waals surface area (Å²) in [7, 11) is 0. The molecule has 0 spiro atoms. The molecule has 2 fully saturated rings. The van der Waals surface area contributed by atoms with Crippen LogP contribution in [-0.2, 0) is 27.4 Å². The number of carbonyl (C=O) groups is 3. The highest BCUT2D eigenvalue weighted by atomic mass is 16.6. The lowest BCUT2D eigenvalue weighted by Gasteiger charge is -2.39. The Morgan fingerprint density at radius 3 is 2.27 bits per heavy atom. The quantitative estimate of drug-likeness (QED) is 0.313.